The van der Waals surface area contributed by atoms with Crippen LogP contribution < -0.4 is 5.32 Å². The zero-order chi connectivity index (χ0) is 13.7. The van der Waals surface area contributed by atoms with Gasteiger partial charge in [0.05, 0.1) is 5.51 Å². The minimum atomic E-state index is -0.986. The summed E-state index contributed by atoms with van der Waals surface area (Å²) >= 11 is 1.32. The van der Waals surface area contributed by atoms with Gasteiger partial charge in [-0.1, -0.05) is 37.3 Å². The second kappa shape index (κ2) is 6.33. The minimum absolute atomic E-state index is 0.109. The SMILES string of the molecule is CC(CCNc1scnc1C(=O)O)c1ccccc1. The Balaban J connectivity index is 1.87. The van der Waals surface area contributed by atoms with Crippen molar-refractivity contribution >= 4 is 22.3 Å². The Bertz CT molecular complexity index is 539. The zero-order valence-corrected chi connectivity index (χ0v) is 11.5. The number of hydrogen-bond acceptors (Lipinski definition) is 4. The number of thiazole rings is 1. The van der Waals surface area contributed by atoms with Crippen LogP contribution >= 0.6 is 11.3 Å². The molecule has 0 fully saturated rings. The Morgan fingerprint density at radius 1 is 1.42 bits per heavy atom. The quantitative estimate of drug-likeness (QED) is 0.848. The van der Waals surface area contributed by atoms with Gasteiger partial charge in [0.15, 0.2) is 5.69 Å². The van der Waals surface area contributed by atoms with E-state index in [-0.39, 0.29) is 5.69 Å². The largest absolute Gasteiger partial charge is 0.476 e. The van der Waals surface area contributed by atoms with E-state index >= 15 is 0 Å². The van der Waals surface area contributed by atoms with Crippen molar-refractivity contribution in [2.24, 2.45) is 0 Å². The molecule has 1 atom stereocenters. The number of rotatable bonds is 6. The number of nitrogens with zero attached hydrogens (tertiary/aromatic N) is 1. The molecule has 100 valence electrons. The lowest BCUT2D eigenvalue weighted by molar-refractivity contribution is 0.0692. The summed E-state index contributed by atoms with van der Waals surface area (Å²) in [6.07, 6.45) is 0.945. The molecule has 0 radical (unpaired) electrons. The number of anilines is 1. The molecule has 2 rings (SSSR count). The molecule has 1 unspecified atom stereocenters. The summed E-state index contributed by atoms with van der Waals surface area (Å²) in [5.74, 6) is -0.547. The lowest BCUT2D eigenvalue weighted by atomic mass is 9.98. The van der Waals surface area contributed by atoms with Crippen LogP contribution in [0, 0.1) is 0 Å². The van der Waals surface area contributed by atoms with Gasteiger partial charge in [0.1, 0.15) is 5.00 Å². The molecule has 0 aliphatic rings. The fourth-order valence-corrected chi connectivity index (χ4v) is 2.57. The molecule has 0 aliphatic heterocycles. The van der Waals surface area contributed by atoms with Gasteiger partial charge in [0, 0.05) is 6.54 Å². The maximum atomic E-state index is 10.9. The number of carbonyl (C=O) groups is 1. The highest BCUT2D eigenvalue weighted by Crippen LogP contribution is 2.22. The van der Waals surface area contributed by atoms with Crippen LogP contribution in [0.15, 0.2) is 35.8 Å². The third-order valence-electron chi connectivity index (χ3n) is 3.00. The van der Waals surface area contributed by atoms with Crippen molar-refractivity contribution in [3.05, 3.63) is 47.1 Å². The highest BCUT2D eigenvalue weighted by molar-refractivity contribution is 7.14. The number of carboxylic acid groups (broad SMARTS) is 1. The van der Waals surface area contributed by atoms with Crippen LogP contribution in [0.25, 0.3) is 0 Å². The topological polar surface area (TPSA) is 62.2 Å². The van der Waals surface area contributed by atoms with Crippen molar-refractivity contribution in [2.45, 2.75) is 19.3 Å². The number of hydrogen-bond donors (Lipinski definition) is 2. The Kier molecular flexibility index (Phi) is 4.52. The molecule has 19 heavy (non-hydrogen) atoms. The highest BCUT2D eigenvalue weighted by atomic mass is 32.1. The minimum Gasteiger partial charge on any atom is -0.476 e. The third kappa shape index (κ3) is 3.54. The number of benzene rings is 1. The molecule has 0 saturated heterocycles. The summed E-state index contributed by atoms with van der Waals surface area (Å²) in [6.45, 7) is 2.90. The third-order valence-corrected chi connectivity index (χ3v) is 3.79. The molecule has 1 aromatic heterocycles. The molecule has 0 aliphatic carbocycles. The van der Waals surface area contributed by atoms with E-state index in [1.165, 1.54) is 16.9 Å². The first-order chi connectivity index (χ1) is 9.18. The molecule has 1 heterocycles. The molecule has 2 aromatic rings. The molecular weight excluding hydrogens is 260 g/mol. The van der Waals surface area contributed by atoms with E-state index in [1.54, 1.807) is 5.51 Å². The van der Waals surface area contributed by atoms with Crippen molar-refractivity contribution in [2.75, 3.05) is 11.9 Å². The van der Waals surface area contributed by atoms with E-state index in [0.29, 0.717) is 10.9 Å². The first-order valence-electron chi connectivity index (χ1n) is 6.14. The van der Waals surface area contributed by atoms with E-state index in [0.717, 1.165) is 13.0 Å². The molecule has 2 N–H and O–H groups in total. The molecule has 5 heteroatoms. The summed E-state index contributed by atoms with van der Waals surface area (Å²) in [7, 11) is 0. The van der Waals surface area contributed by atoms with Gasteiger partial charge in [-0.3, -0.25) is 0 Å². The van der Waals surface area contributed by atoms with Crippen molar-refractivity contribution in [1.29, 1.82) is 0 Å². The standard InChI is InChI=1S/C14H16N2O2S/c1-10(11-5-3-2-4-6-11)7-8-15-13-12(14(17)18)16-9-19-13/h2-6,9-10,15H,7-8H2,1H3,(H,17,18). The van der Waals surface area contributed by atoms with Crippen LogP contribution in [-0.4, -0.2) is 22.6 Å². The average molecular weight is 276 g/mol. The van der Waals surface area contributed by atoms with Crippen LogP contribution in [0.3, 0.4) is 0 Å². The summed E-state index contributed by atoms with van der Waals surface area (Å²) in [5, 5.41) is 12.7. The van der Waals surface area contributed by atoms with Gasteiger partial charge in [0.25, 0.3) is 0 Å². The fourth-order valence-electron chi connectivity index (χ4n) is 1.87. The van der Waals surface area contributed by atoms with Crippen molar-refractivity contribution in [1.82, 2.24) is 4.98 Å². The smallest absolute Gasteiger partial charge is 0.357 e. The van der Waals surface area contributed by atoms with E-state index < -0.39 is 5.97 Å². The summed E-state index contributed by atoms with van der Waals surface area (Å²) in [5.41, 5.74) is 2.95. The Morgan fingerprint density at radius 2 is 2.16 bits per heavy atom. The summed E-state index contributed by atoms with van der Waals surface area (Å²) < 4.78 is 0. The van der Waals surface area contributed by atoms with Crippen LogP contribution in [0.4, 0.5) is 5.00 Å². The average Bonchev–Trinajstić information content (AvgIpc) is 2.88. The molecule has 0 bridgehead atoms. The van der Waals surface area contributed by atoms with E-state index in [9.17, 15) is 4.79 Å². The number of aromatic nitrogens is 1. The van der Waals surface area contributed by atoms with Crippen LogP contribution in [0.2, 0.25) is 0 Å². The van der Waals surface area contributed by atoms with Crippen molar-refractivity contribution in [3.8, 4) is 0 Å². The normalized spacial score (nSPS) is 12.1. The Morgan fingerprint density at radius 3 is 2.84 bits per heavy atom. The van der Waals surface area contributed by atoms with Crippen molar-refractivity contribution < 1.29 is 9.90 Å². The second-order valence-electron chi connectivity index (χ2n) is 4.36. The van der Waals surface area contributed by atoms with E-state index in [1.807, 2.05) is 18.2 Å². The van der Waals surface area contributed by atoms with Gasteiger partial charge in [-0.2, -0.15) is 0 Å². The first kappa shape index (κ1) is 13.5. The van der Waals surface area contributed by atoms with E-state index in [4.69, 9.17) is 5.11 Å². The van der Waals surface area contributed by atoms with Gasteiger partial charge >= 0.3 is 5.97 Å². The summed E-state index contributed by atoms with van der Waals surface area (Å²) in [4.78, 5) is 14.7. The lowest BCUT2D eigenvalue weighted by Crippen LogP contribution is -2.08. The predicted octanol–water partition coefficient (Wildman–Crippen LogP) is 3.45. The van der Waals surface area contributed by atoms with E-state index in [2.05, 4.69) is 29.4 Å². The molecule has 0 saturated carbocycles. The highest BCUT2D eigenvalue weighted by Gasteiger charge is 2.13. The first-order valence-corrected chi connectivity index (χ1v) is 7.02. The van der Waals surface area contributed by atoms with Crippen LogP contribution in [0.5, 0.6) is 0 Å². The van der Waals surface area contributed by atoms with Crippen LogP contribution in [0.1, 0.15) is 35.3 Å². The molecule has 4 nitrogen and oxygen atoms in total. The summed E-state index contributed by atoms with van der Waals surface area (Å²) in [6, 6.07) is 10.3. The lowest BCUT2D eigenvalue weighted by Gasteiger charge is -2.12. The molecule has 0 amide bonds. The second-order valence-corrected chi connectivity index (χ2v) is 5.22. The predicted molar refractivity (Wildman–Crippen MR) is 77.0 cm³/mol. The number of carboxylic acids is 1. The maximum Gasteiger partial charge on any atom is 0.357 e. The monoisotopic (exact) mass is 276 g/mol. The fraction of sp³-hybridized carbons (Fsp3) is 0.286. The van der Waals surface area contributed by atoms with Crippen molar-refractivity contribution in [3.63, 3.8) is 0 Å². The van der Waals surface area contributed by atoms with Gasteiger partial charge in [-0.15, -0.1) is 11.3 Å². The number of aromatic carboxylic acids is 1. The molecule has 1 aromatic carbocycles. The maximum absolute atomic E-state index is 10.9. The van der Waals surface area contributed by atoms with Gasteiger partial charge < -0.3 is 10.4 Å². The van der Waals surface area contributed by atoms with Gasteiger partial charge in [-0.25, -0.2) is 9.78 Å². The number of nitrogens with one attached hydrogen (secondary N) is 1. The molecule has 0 spiro atoms. The van der Waals surface area contributed by atoms with Crippen LogP contribution in [-0.2, 0) is 0 Å². The van der Waals surface area contributed by atoms with Gasteiger partial charge in [-0.05, 0) is 17.9 Å². The Hall–Kier alpha value is -1.88. The zero-order valence-electron chi connectivity index (χ0n) is 10.7. The van der Waals surface area contributed by atoms with Gasteiger partial charge in [0.2, 0.25) is 0 Å². The Labute approximate surface area is 116 Å². The molecular formula is C14H16N2O2S.